The standard InChI is InChI=1S/C11H17NO4/c1-9-4-3-6-12(8-9)11(14)16-7-5-10(13)15-2/h5,7,9H,3-4,6,8H2,1-2H3. The van der Waals surface area contributed by atoms with Crippen molar-refractivity contribution in [3.63, 3.8) is 0 Å². The third-order valence-electron chi connectivity index (χ3n) is 2.49. The Morgan fingerprint density at radius 2 is 2.19 bits per heavy atom. The lowest BCUT2D eigenvalue weighted by atomic mass is 10.0. The molecule has 0 aliphatic carbocycles. The normalized spacial score (nSPS) is 20.9. The molecule has 0 aromatic carbocycles. The number of esters is 1. The summed E-state index contributed by atoms with van der Waals surface area (Å²) in [5.41, 5.74) is 0. The number of amides is 1. The fourth-order valence-corrected chi connectivity index (χ4v) is 1.65. The van der Waals surface area contributed by atoms with Crippen LogP contribution in [0.5, 0.6) is 0 Å². The maximum atomic E-state index is 11.5. The Morgan fingerprint density at radius 3 is 2.81 bits per heavy atom. The van der Waals surface area contributed by atoms with Crippen LogP contribution in [0.1, 0.15) is 19.8 Å². The molecule has 0 aromatic rings. The maximum absolute atomic E-state index is 11.5. The Bertz CT molecular complexity index is 288. The van der Waals surface area contributed by atoms with Gasteiger partial charge in [0, 0.05) is 13.1 Å². The predicted molar refractivity (Wildman–Crippen MR) is 57.6 cm³/mol. The van der Waals surface area contributed by atoms with Crippen LogP contribution in [0, 0.1) is 5.92 Å². The fraction of sp³-hybridized carbons (Fsp3) is 0.636. The first kappa shape index (κ1) is 12.5. The van der Waals surface area contributed by atoms with Crippen LogP contribution >= 0.6 is 0 Å². The minimum atomic E-state index is -0.542. The molecule has 0 radical (unpaired) electrons. The first-order chi connectivity index (χ1) is 7.63. The molecule has 0 aromatic heterocycles. The summed E-state index contributed by atoms with van der Waals surface area (Å²) < 4.78 is 9.17. The molecule has 1 heterocycles. The highest BCUT2D eigenvalue weighted by atomic mass is 16.6. The van der Waals surface area contributed by atoms with Gasteiger partial charge in [0.05, 0.1) is 13.2 Å². The van der Waals surface area contributed by atoms with Crippen LogP contribution in [0.3, 0.4) is 0 Å². The summed E-state index contributed by atoms with van der Waals surface area (Å²) in [5.74, 6) is -0.0364. The minimum absolute atomic E-state index is 0.410. The number of hydrogen-bond donors (Lipinski definition) is 0. The zero-order valence-electron chi connectivity index (χ0n) is 9.64. The van der Waals surface area contributed by atoms with Crippen molar-refractivity contribution in [3.05, 3.63) is 12.3 Å². The van der Waals surface area contributed by atoms with Crippen LogP contribution in [-0.2, 0) is 14.3 Å². The molecule has 1 saturated heterocycles. The van der Waals surface area contributed by atoms with Gasteiger partial charge in [-0.2, -0.15) is 0 Å². The second kappa shape index (κ2) is 6.15. The summed E-state index contributed by atoms with van der Waals surface area (Å²) >= 11 is 0. The van der Waals surface area contributed by atoms with Crippen LogP contribution < -0.4 is 0 Å². The van der Waals surface area contributed by atoms with E-state index >= 15 is 0 Å². The summed E-state index contributed by atoms with van der Waals surface area (Å²) in [6.45, 7) is 3.53. The molecule has 0 spiro atoms. The summed E-state index contributed by atoms with van der Waals surface area (Å²) in [7, 11) is 1.26. The Morgan fingerprint density at radius 1 is 1.44 bits per heavy atom. The zero-order valence-corrected chi connectivity index (χ0v) is 9.64. The van der Waals surface area contributed by atoms with Crippen LogP contribution in [-0.4, -0.2) is 37.2 Å². The Kier molecular flexibility index (Phi) is 4.82. The molecule has 1 aliphatic rings. The fourth-order valence-electron chi connectivity index (χ4n) is 1.65. The van der Waals surface area contributed by atoms with Crippen LogP contribution in [0.2, 0.25) is 0 Å². The number of nitrogens with zero attached hydrogens (tertiary/aromatic N) is 1. The van der Waals surface area contributed by atoms with Gasteiger partial charge in [0.25, 0.3) is 0 Å². The molecule has 0 saturated carbocycles. The van der Waals surface area contributed by atoms with Crippen molar-refractivity contribution in [1.82, 2.24) is 4.90 Å². The number of methoxy groups -OCH3 is 1. The summed E-state index contributed by atoms with van der Waals surface area (Å²) in [5, 5.41) is 0. The van der Waals surface area contributed by atoms with Gasteiger partial charge in [-0.1, -0.05) is 6.92 Å². The zero-order chi connectivity index (χ0) is 12.0. The number of rotatable bonds is 2. The van der Waals surface area contributed by atoms with E-state index < -0.39 is 12.1 Å². The van der Waals surface area contributed by atoms with Gasteiger partial charge in [-0.15, -0.1) is 0 Å². The van der Waals surface area contributed by atoms with E-state index in [2.05, 4.69) is 11.7 Å². The lowest BCUT2D eigenvalue weighted by molar-refractivity contribution is -0.134. The van der Waals surface area contributed by atoms with Gasteiger partial charge in [0.2, 0.25) is 0 Å². The summed E-state index contributed by atoms with van der Waals surface area (Å²) in [6, 6.07) is 0. The molecule has 5 nitrogen and oxygen atoms in total. The van der Waals surface area contributed by atoms with Gasteiger partial charge in [0.15, 0.2) is 0 Å². The van der Waals surface area contributed by atoms with E-state index in [4.69, 9.17) is 4.74 Å². The van der Waals surface area contributed by atoms with E-state index in [-0.39, 0.29) is 0 Å². The number of carbonyl (C=O) groups excluding carboxylic acids is 2. The third kappa shape index (κ3) is 3.92. The van der Waals surface area contributed by atoms with Crippen molar-refractivity contribution in [1.29, 1.82) is 0 Å². The first-order valence-electron chi connectivity index (χ1n) is 5.33. The predicted octanol–water partition coefficient (Wildman–Crippen LogP) is 1.54. The second-order valence-electron chi connectivity index (χ2n) is 3.90. The number of carbonyl (C=O) groups is 2. The molecule has 1 atom stereocenters. The van der Waals surface area contributed by atoms with Crippen molar-refractivity contribution in [2.75, 3.05) is 20.2 Å². The van der Waals surface area contributed by atoms with Gasteiger partial charge >= 0.3 is 12.1 Å². The van der Waals surface area contributed by atoms with E-state index in [1.54, 1.807) is 4.90 Å². The van der Waals surface area contributed by atoms with Crippen molar-refractivity contribution in [2.24, 2.45) is 5.92 Å². The largest absolute Gasteiger partial charge is 0.466 e. The lowest BCUT2D eigenvalue weighted by Gasteiger charge is -2.29. The average Bonchev–Trinajstić information content (AvgIpc) is 2.28. The van der Waals surface area contributed by atoms with Crippen molar-refractivity contribution < 1.29 is 19.1 Å². The number of piperidine rings is 1. The Balaban J connectivity index is 2.34. The molecule has 1 aliphatic heterocycles. The number of hydrogen-bond acceptors (Lipinski definition) is 4. The molecule has 90 valence electrons. The van der Waals surface area contributed by atoms with Gasteiger partial charge in [-0.3, -0.25) is 0 Å². The maximum Gasteiger partial charge on any atom is 0.414 e. The molecule has 1 unspecified atom stereocenters. The summed E-state index contributed by atoms with van der Waals surface area (Å²) in [6.07, 6.45) is 3.86. The highest BCUT2D eigenvalue weighted by Gasteiger charge is 2.21. The van der Waals surface area contributed by atoms with Gasteiger partial charge in [-0.05, 0) is 18.8 Å². The molecule has 16 heavy (non-hydrogen) atoms. The average molecular weight is 227 g/mol. The minimum Gasteiger partial charge on any atom is -0.466 e. The highest BCUT2D eigenvalue weighted by Crippen LogP contribution is 2.15. The molecule has 5 heteroatoms. The topological polar surface area (TPSA) is 55.8 Å². The van der Waals surface area contributed by atoms with Gasteiger partial charge in [-0.25, -0.2) is 9.59 Å². The molecule has 1 fully saturated rings. The molecule has 0 bridgehead atoms. The highest BCUT2D eigenvalue weighted by molar-refractivity contribution is 5.82. The number of likely N-dealkylation sites (tertiary alicyclic amines) is 1. The Labute approximate surface area is 95.0 Å². The van der Waals surface area contributed by atoms with E-state index in [1.807, 2.05) is 0 Å². The van der Waals surface area contributed by atoms with E-state index in [1.165, 1.54) is 7.11 Å². The quantitative estimate of drug-likeness (QED) is 0.408. The molecular formula is C11H17NO4. The molecular weight excluding hydrogens is 210 g/mol. The lowest BCUT2D eigenvalue weighted by Crippen LogP contribution is -2.38. The second-order valence-corrected chi connectivity index (χ2v) is 3.90. The smallest absolute Gasteiger partial charge is 0.414 e. The van der Waals surface area contributed by atoms with Crippen LogP contribution in [0.25, 0.3) is 0 Å². The van der Waals surface area contributed by atoms with Crippen LogP contribution in [0.15, 0.2) is 12.3 Å². The molecule has 1 amide bonds. The van der Waals surface area contributed by atoms with Crippen LogP contribution in [0.4, 0.5) is 4.79 Å². The molecule has 0 N–H and O–H groups in total. The van der Waals surface area contributed by atoms with E-state index in [0.717, 1.165) is 31.7 Å². The third-order valence-corrected chi connectivity index (χ3v) is 2.49. The monoisotopic (exact) mass is 227 g/mol. The van der Waals surface area contributed by atoms with E-state index in [9.17, 15) is 9.59 Å². The SMILES string of the molecule is COC(=O)C=COC(=O)N1CCCC(C)C1. The van der Waals surface area contributed by atoms with Gasteiger partial charge in [0.1, 0.15) is 6.26 Å². The van der Waals surface area contributed by atoms with Crippen molar-refractivity contribution >= 4 is 12.1 Å². The Hall–Kier alpha value is -1.52. The van der Waals surface area contributed by atoms with Crippen molar-refractivity contribution in [3.8, 4) is 0 Å². The summed E-state index contributed by atoms with van der Waals surface area (Å²) in [4.78, 5) is 23.9. The first-order valence-corrected chi connectivity index (χ1v) is 5.33. The van der Waals surface area contributed by atoms with Crippen molar-refractivity contribution in [2.45, 2.75) is 19.8 Å². The van der Waals surface area contributed by atoms with Gasteiger partial charge < -0.3 is 14.4 Å². The number of ether oxygens (including phenoxy) is 2. The van der Waals surface area contributed by atoms with E-state index in [0.29, 0.717) is 12.5 Å². The molecule has 1 rings (SSSR count).